The highest BCUT2D eigenvalue weighted by Gasteiger charge is 2.28. The number of anilines is 2. The van der Waals surface area contributed by atoms with Gasteiger partial charge < -0.3 is 15.4 Å². The summed E-state index contributed by atoms with van der Waals surface area (Å²) in [6.07, 6.45) is 2.01. The normalized spacial score (nSPS) is 17.8. The number of aromatic nitrogens is 2. The molecule has 0 saturated carbocycles. The first kappa shape index (κ1) is 16.0. The Morgan fingerprint density at radius 3 is 2.38 bits per heavy atom. The number of rotatable bonds is 5. The molecule has 1 aromatic heterocycles. The Kier molecular flexibility index (Phi) is 5.04. The van der Waals surface area contributed by atoms with Crippen molar-refractivity contribution in [2.75, 3.05) is 30.4 Å². The van der Waals surface area contributed by atoms with E-state index in [0.29, 0.717) is 5.92 Å². The molecule has 0 spiro atoms. The van der Waals surface area contributed by atoms with Crippen LogP contribution in [0.15, 0.2) is 0 Å². The molecule has 2 heterocycles. The predicted molar refractivity (Wildman–Crippen MR) is 87.1 cm³/mol. The zero-order chi connectivity index (χ0) is 15.5. The third-order valence-electron chi connectivity index (χ3n) is 4.04. The number of hydrogen-bond donors (Lipinski definition) is 2. The van der Waals surface area contributed by atoms with Crippen molar-refractivity contribution >= 4 is 11.6 Å². The minimum Gasteiger partial charge on any atom is -0.381 e. The minimum atomic E-state index is 0.0507. The molecule has 118 valence electrons. The molecule has 1 aliphatic rings. The van der Waals surface area contributed by atoms with E-state index in [4.69, 9.17) is 9.72 Å². The Hall–Kier alpha value is -1.36. The van der Waals surface area contributed by atoms with Crippen molar-refractivity contribution in [3.63, 3.8) is 0 Å². The van der Waals surface area contributed by atoms with Crippen LogP contribution in [0.5, 0.6) is 0 Å². The number of nitrogens with zero attached hydrogens (tertiary/aromatic N) is 2. The molecule has 1 fully saturated rings. The smallest absolute Gasteiger partial charge is 0.135 e. The average molecular weight is 292 g/mol. The molecule has 1 saturated heterocycles. The summed E-state index contributed by atoms with van der Waals surface area (Å²) in [4.78, 5) is 9.40. The van der Waals surface area contributed by atoms with Gasteiger partial charge in [-0.05, 0) is 33.6 Å². The van der Waals surface area contributed by atoms with E-state index < -0.39 is 0 Å². The van der Waals surface area contributed by atoms with Crippen LogP contribution in [0.1, 0.15) is 57.8 Å². The first-order valence-corrected chi connectivity index (χ1v) is 7.93. The highest BCUT2D eigenvalue weighted by Crippen LogP contribution is 2.29. The Morgan fingerprint density at radius 2 is 1.81 bits per heavy atom. The standard InChI is InChI=1S/C16H28N4O/c1-6-17-14-12(4)15(19-13(18-14)11(2)3)20-16(5)7-9-21-10-8-16/h11H,6-10H2,1-5H3,(H2,17,18,19,20). The van der Waals surface area contributed by atoms with Crippen LogP contribution in [0.2, 0.25) is 0 Å². The van der Waals surface area contributed by atoms with E-state index in [1.165, 1.54) is 0 Å². The molecule has 0 bridgehead atoms. The van der Waals surface area contributed by atoms with Crippen LogP contribution in [0.25, 0.3) is 0 Å². The van der Waals surface area contributed by atoms with Crippen LogP contribution in [0, 0.1) is 6.92 Å². The van der Waals surface area contributed by atoms with E-state index in [0.717, 1.165) is 55.6 Å². The van der Waals surface area contributed by atoms with Crippen LogP contribution in [0.3, 0.4) is 0 Å². The molecule has 1 aliphatic heterocycles. The van der Waals surface area contributed by atoms with Crippen molar-refractivity contribution in [3.8, 4) is 0 Å². The molecule has 0 atom stereocenters. The molecule has 0 aliphatic carbocycles. The van der Waals surface area contributed by atoms with E-state index >= 15 is 0 Å². The maximum atomic E-state index is 5.47. The zero-order valence-corrected chi connectivity index (χ0v) is 13.9. The number of ether oxygens (including phenoxy) is 1. The quantitative estimate of drug-likeness (QED) is 0.872. The van der Waals surface area contributed by atoms with Gasteiger partial charge in [0.2, 0.25) is 0 Å². The van der Waals surface area contributed by atoms with Gasteiger partial charge in [0.1, 0.15) is 17.5 Å². The van der Waals surface area contributed by atoms with E-state index in [-0.39, 0.29) is 5.54 Å². The fourth-order valence-corrected chi connectivity index (χ4v) is 2.49. The van der Waals surface area contributed by atoms with Crippen LogP contribution in [0.4, 0.5) is 11.6 Å². The maximum absolute atomic E-state index is 5.47. The van der Waals surface area contributed by atoms with E-state index in [2.05, 4.69) is 50.2 Å². The Morgan fingerprint density at radius 1 is 1.19 bits per heavy atom. The van der Waals surface area contributed by atoms with Gasteiger partial charge in [-0.2, -0.15) is 0 Å². The Labute approximate surface area is 127 Å². The summed E-state index contributed by atoms with van der Waals surface area (Å²) in [5.74, 6) is 3.09. The lowest BCUT2D eigenvalue weighted by molar-refractivity contribution is 0.0657. The third-order valence-corrected chi connectivity index (χ3v) is 4.04. The topological polar surface area (TPSA) is 59.1 Å². The second-order valence-electron chi connectivity index (χ2n) is 6.39. The van der Waals surface area contributed by atoms with Gasteiger partial charge in [0, 0.05) is 36.8 Å². The Balaban J connectivity index is 2.32. The monoisotopic (exact) mass is 292 g/mol. The van der Waals surface area contributed by atoms with Gasteiger partial charge in [-0.1, -0.05) is 13.8 Å². The molecule has 5 heteroatoms. The molecule has 0 aromatic carbocycles. The molecule has 1 aromatic rings. The molecular weight excluding hydrogens is 264 g/mol. The van der Waals surface area contributed by atoms with Crippen molar-refractivity contribution in [2.45, 2.75) is 58.9 Å². The van der Waals surface area contributed by atoms with Gasteiger partial charge in [-0.25, -0.2) is 9.97 Å². The lowest BCUT2D eigenvalue weighted by Crippen LogP contribution is -2.41. The summed E-state index contributed by atoms with van der Waals surface area (Å²) in [5.41, 5.74) is 1.14. The van der Waals surface area contributed by atoms with Gasteiger partial charge in [0.25, 0.3) is 0 Å². The maximum Gasteiger partial charge on any atom is 0.135 e. The summed E-state index contributed by atoms with van der Waals surface area (Å²) in [6, 6.07) is 0. The fourth-order valence-electron chi connectivity index (χ4n) is 2.49. The van der Waals surface area contributed by atoms with Crippen molar-refractivity contribution < 1.29 is 4.74 Å². The van der Waals surface area contributed by atoms with Gasteiger partial charge in [-0.3, -0.25) is 0 Å². The number of nitrogens with one attached hydrogen (secondary N) is 2. The van der Waals surface area contributed by atoms with Crippen molar-refractivity contribution in [3.05, 3.63) is 11.4 Å². The van der Waals surface area contributed by atoms with Gasteiger partial charge in [-0.15, -0.1) is 0 Å². The highest BCUT2D eigenvalue weighted by molar-refractivity contribution is 5.58. The van der Waals surface area contributed by atoms with E-state index in [9.17, 15) is 0 Å². The van der Waals surface area contributed by atoms with E-state index in [1.54, 1.807) is 0 Å². The lowest BCUT2D eigenvalue weighted by Gasteiger charge is -2.35. The number of hydrogen-bond acceptors (Lipinski definition) is 5. The van der Waals surface area contributed by atoms with Crippen LogP contribution < -0.4 is 10.6 Å². The predicted octanol–water partition coefficient (Wildman–Crippen LogP) is 3.32. The highest BCUT2D eigenvalue weighted by atomic mass is 16.5. The third kappa shape index (κ3) is 3.84. The molecule has 2 rings (SSSR count). The summed E-state index contributed by atoms with van der Waals surface area (Å²) in [7, 11) is 0. The average Bonchev–Trinajstić information content (AvgIpc) is 2.43. The molecule has 0 amide bonds. The molecule has 5 nitrogen and oxygen atoms in total. The van der Waals surface area contributed by atoms with Gasteiger partial charge >= 0.3 is 0 Å². The van der Waals surface area contributed by atoms with Crippen molar-refractivity contribution in [1.82, 2.24) is 9.97 Å². The van der Waals surface area contributed by atoms with E-state index in [1.807, 2.05) is 0 Å². The second kappa shape index (κ2) is 6.60. The SMILES string of the molecule is CCNc1nc(C(C)C)nc(NC2(C)CCOCC2)c1C. The first-order valence-electron chi connectivity index (χ1n) is 7.93. The molecule has 0 unspecified atom stereocenters. The zero-order valence-electron chi connectivity index (χ0n) is 13.9. The minimum absolute atomic E-state index is 0.0507. The summed E-state index contributed by atoms with van der Waals surface area (Å²) in [5, 5.41) is 6.99. The molecule has 0 radical (unpaired) electrons. The first-order chi connectivity index (χ1) is 9.95. The lowest BCUT2D eigenvalue weighted by atomic mass is 9.92. The van der Waals surface area contributed by atoms with Gasteiger partial charge in [0.05, 0.1) is 0 Å². The molecule has 21 heavy (non-hydrogen) atoms. The fraction of sp³-hybridized carbons (Fsp3) is 0.750. The second-order valence-corrected chi connectivity index (χ2v) is 6.39. The largest absolute Gasteiger partial charge is 0.381 e. The summed E-state index contributed by atoms with van der Waals surface area (Å²) in [6.45, 7) is 13.1. The van der Waals surface area contributed by atoms with Gasteiger partial charge in [0.15, 0.2) is 0 Å². The van der Waals surface area contributed by atoms with Crippen molar-refractivity contribution in [2.24, 2.45) is 0 Å². The summed E-state index contributed by atoms with van der Waals surface area (Å²) < 4.78 is 5.47. The van der Waals surface area contributed by atoms with Crippen LogP contribution in [-0.2, 0) is 4.74 Å². The van der Waals surface area contributed by atoms with Crippen LogP contribution >= 0.6 is 0 Å². The molecule has 2 N–H and O–H groups in total. The summed E-state index contributed by atoms with van der Waals surface area (Å²) >= 11 is 0. The van der Waals surface area contributed by atoms with Crippen molar-refractivity contribution in [1.29, 1.82) is 0 Å². The molecular formula is C16H28N4O. The van der Waals surface area contributed by atoms with Crippen LogP contribution in [-0.4, -0.2) is 35.3 Å². The Bertz CT molecular complexity index is 481.